The molecule has 0 aliphatic heterocycles. The van der Waals surface area contributed by atoms with Gasteiger partial charge in [0.2, 0.25) is 0 Å². The number of rotatable bonds is 5. The van der Waals surface area contributed by atoms with Gasteiger partial charge in [0.25, 0.3) is 0 Å². The van der Waals surface area contributed by atoms with Crippen molar-refractivity contribution in [3.63, 3.8) is 0 Å². The zero-order chi connectivity index (χ0) is 15.4. The molecule has 0 fully saturated rings. The summed E-state index contributed by atoms with van der Waals surface area (Å²) in [6.45, 7) is 0. The lowest BCUT2D eigenvalue weighted by Gasteiger charge is -2.13. The smallest absolute Gasteiger partial charge is 0.317 e. The molecule has 2 aromatic rings. The highest BCUT2D eigenvalue weighted by molar-refractivity contribution is 14.1. The van der Waals surface area contributed by atoms with Gasteiger partial charge >= 0.3 is 5.97 Å². The van der Waals surface area contributed by atoms with E-state index in [0.29, 0.717) is 6.42 Å². The molecule has 0 aliphatic carbocycles. The monoisotopic (exact) mass is 526 g/mol. The predicted octanol–water partition coefficient (Wildman–Crippen LogP) is 4.39. The molecule has 21 heavy (non-hydrogen) atoms. The Balaban J connectivity index is 2.19. The van der Waals surface area contributed by atoms with Crippen molar-refractivity contribution >= 4 is 62.9 Å². The maximum atomic E-state index is 11.5. The summed E-state index contributed by atoms with van der Waals surface area (Å²) in [4.78, 5) is 12.4. The fourth-order valence-corrected chi connectivity index (χ4v) is 4.71. The van der Waals surface area contributed by atoms with Crippen LogP contribution in [0.25, 0.3) is 0 Å². The summed E-state index contributed by atoms with van der Waals surface area (Å²) < 4.78 is 1.48. The average molecular weight is 526 g/mol. The predicted molar refractivity (Wildman–Crippen MR) is 101 cm³/mol. The molecular formula is C15H12I2O3S. The van der Waals surface area contributed by atoms with E-state index in [0.717, 1.165) is 17.6 Å². The molecule has 0 radical (unpaired) electrons. The van der Waals surface area contributed by atoms with Crippen molar-refractivity contribution in [2.75, 3.05) is 0 Å². The quantitative estimate of drug-likeness (QED) is 0.449. The first kappa shape index (κ1) is 16.9. The lowest BCUT2D eigenvalue weighted by atomic mass is 10.1. The molecule has 2 N–H and O–H groups in total. The maximum absolute atomic E-state index is 11.5. The van der Waals surface area contributed by atoms with Gasteiger partial charge in [-0.15, -0.1) is 11.8 Å². The Morgan fingerprint density at radius 2 is 1.71 bits per heavy atom. The summed E-state index contributed by atoms with van der Waals surface area (Å²) in [5.41, 5.74) is 0.914. The molecule has 1 unspecified atom stereocenters. The number of phenols is 1. The first-order chi connectivity index (χ1) is 9.97. The number of hydrogen-bond donors (Lipinski definition) is 2. The molecular weight excluding hydrogens is 514 g/mol. The fourth-order valence-electron chi connectivity index (χ4n) is 1.79. The third-order valence-electron chi connectivity index (χ3n) is 2.79. The van der Waals surface area contributed by atoms with Crippen LogP contribution in [0.1, 0.15) is 5.56 Å². The van der Waals surface area contributed by atoms with Gasteiger partial charge in [-0.3, -0.25) is 4.79 Å². The summed E-state index contributed by atoms with van der Waals surface area (Å²) in [5, 5.41) is 18.6. The summed E-state index contributed by atoms with van der Waals surface area (Å²) >= 11 is 5.45. The number of aliphatic carboxylic acids is 1. The zero-order valence-electron chi connectivity index (χ0n) is 10.8. The van der Waals surface area contributed by atoms with Gasteiger partial charge in [-0.1, -0.05) is 18.2 Å². The van der Waals surface area contributed by atoms with E-state index in [2.05, 4.69) is 45.2 Å². The largest absolute Gasteiger partial charge is 0.506 e. The highest BCUT2D eigenvalue weighted by Crippen LogP contribution is 2.30. The third-order valence-corrected chi connectivity index (χ3v) is 5.64. The lowest BCUT2D eigenvalue weighted by molar-refractivity contribution is -0.136. The van der Waals surface area contributed by atoms with Crippen molar-refractivity contribution in [1.29, 1.82) is 0 Å². The molecule has 2 rings (SSSR count). The van der Waals surface area contributed by atoms with Crippen LogP contribution in [0, 0.1) is 7.14 Å². The minimum atomic E-state index is -0.832. The summed E-state index contributed by atoms with van der Waals surface area (Å²) in [7, 11) is 0. The van der Waals surface area contributed by atoms with Gasteiger partial charge in [-0.2, -0.15) is 0 Å². The number of carbonyl (C=O) groups is 1. The topological polar surface area (TPSA) is 57.5 Å². The number of carboxylic acid groups (broad SMARTS) is 1. The average Bonchev–Trinajstić information content (AvgIpc) is 2.45. The van der Waals surface area contributed by atoms with E-state index < -0.39 is 11.2 Å². The molecule has 1 atom stereocenters. The van der Waals surface area contributed by atoms with Crippen LogP contribution in [-0.2, 0) is 11.2 Å². The normalized spacial score (nSPS) is 12.1. The van der Waals surface area contributed by atoms with E-state index >= 15 is 0 Å². The van der Waals surface area contributed by atoms with Crippen LogP contribution in [0.2, 0.25) is 0 Å². The Bertz CT molecular complexity index is 624. The van der Waals surface area contributed by atoms with Gasteiger partial charge < -0.3 is 10.2 Å². The Kier molecular flexibility index (Phi) is 6.18. The van der Waals surface area contributed by atoms with Gasteiger partial charge in [0.05, 0.1) is 7.14 Å². The Labute approximate surface area is 154 Å². The van der Waals surface area contributed by atoms with E-state index in [4.69, 9.17) is 0 Å². The molecule has 110 valence electrons. The molecule has 0 bridgehead atoms. The molecule has 0 aliphatic rings. The molecule has 3 nitrogen and oxygen atoms in total. The highest BCUT2D eigenvalue weighted by atomic mass is 127. The zero-order valence-corrected chi connectivity index (χ0v) is 15.9. The molecule has 6 heteroatoms. The van der Waals surface area contributed by atoms with E-state index in [1.807, 2.05) is 42.5 Å². The van der Waals surface area contributed by atoms with Gasteiger partial charge in [0, 0.05) is 4.90 Å². The highest BCUT2D eigenvalue weighted by Gasteiger charge is 2.20. The number of carboxylic acids is 1. The maximum Gasteiger partial charge on any atom is 0.317 e. The Morgan fingerprint density at radius 1 is 1.14 bits per heavy atom. The fraction of sp³-hybridized carbons (Fsp3) is 0.133. The number of thioether (sulfide) groups is 1. The number of aromatic hydroxyl groups is 1. The lowest BCUT2D eigenvalue weighted by Crippen LogP contribution is -2.19. The van der Waals surface area contributed by atoms with Crippen LogP contribution in [0.5, 0.6) is 5.75 Å². The van der Waals surface area contributed by atoms with Crippen LogP contribution < -0.4 is 0 Å². The first-order valence-corrected chi connectivity index (χ1v) is 9.12. The molecule has 0 heterocycles. The molecule has 0 saturated carbocycles. The van der Waals surface area contributed by atoms with E-state index in [1.54, 1.807) is 0 Å². The van der Waals surface area contributed by atoms with E-state index in [9.17, 15) is 15.0 Å². The van der Waals surface area contributed by atoms with Gasteiger partial charge in [-0.05, 0) is 81.4 Å². The second-order valence-corrected chi connectivity index (χ2v) is 7.97. The number of phenolic OH excluding ortho intramolecular Hbond substituents is 1. The molecule has 0 spiro atoms. The number of hydrogen-bond acceptors (Lipinski definition) is 3. The van der Waals surface area contributed by atoms with E-state index in [1.165, 1.54) is 11.8 Å². The van der Waals surface area contributed by atoms with Crippen LogP contribution in [0.4, 0.5) is 0 Å². The molecule has 0 saturated heterocycles. The number of halogens is 2. The van der Waals surface area contributed by atoms with Crippen molar-refractivity contribution in [1.82, 2.24) is 0 Å². The molecule has 0 amide bonds. The minimum Gasteiger partial charge on any atom is -0.506 e. The third kappa shape index (κ3) is 4.75. The second-order valence-electron chi connectivity index (χ2n) is 4.37. The summed E-state index contributed by atoms with van der Waals surface area (Å²) in [6.07, 6.45) is 0.418. The van der Waals surface area contributed by atoms with Crippen molar-refractivity contribution in [2.45, 2.75) is 16.6 Å². The first-order valence-electron chi connectivity index (χ1n) is 6.08. The molecule has 0 aromatic heterocycles. The van der Waals surface area contributed by atoms with Crippen molar-refractivity contribution in [3.05, 3.63) is 55.2 Å². The van der Waals surface area contributed by atoms with Gasteiger partial charge in [0.1, 0.15) is 11.0 Å². The van der Waals surface area contributed by atoms with Crippen LogP contribution in [0.3, 0.4) is 0 Å². The van der Waals surface area contributed by atoms with Crippen molar-refractivity contribution in [3.8, 4) is 5.75 Å². The Hall–Kier alpha value is -0.480. The summed E-state index contributed by atoms with van der Waals surface area (Å²) in [5.74, 6) is -0.579. The minimum absolute atomic E-state index is 0.252. The van der Waals surface area contributed by atoms with Crippen molar-refractivity contribution < 1.29 is 15.0 Å². The van der Waals surface area contributed by atoms with Gasteiger partial charge in [0.15, 0.2) is 0 Å². The Morgan fingerprint density at radius 3 is 2.24 bits per heavy atom. The second kappa shape index (κ2) is 7.68. The van der Waals surface area contributed by atoms with Crippen molar-refractivity contribution in [2.24, 2.45) is 0 Å². The van der Waals surface area contributed by atoms with Crippen LogP contribution >= 0.6 is 56.9 Å². The van der Waals surface area contributed by atoms with Gasteiger partial charge in [-0.25, -0.2) is 0 Å². The summed E-state index contributed by atoms with van der Waals surface area (Å²) in [6, 6.07) is 13.2. The molecule has 2 aromatic carbocycles. The SMILES string of the molecule is O=C(O)C(Cc1cc(I)c(O)c(I)c1)Sc1ccccc1. The van der Waals surface area contributed by atoms with E-state index in [-0.39, 0.29) is 5.75 Å². The number of benzene rings is 2. The standard InChI is InChI=1S/C15H12I2O3S/c16-11-6-9(7-12(17)14(11)18)8-13(15(19)20)21-10-4-2-1-3-5-10/h1-7,13,18H,8H2,(H,19,20). The van der Waals surface area contributed by atoms with Crippen LogP contribution in [0.15, 0.2) is 47.4 Å². The van der Waals surface area contributed by atoms with Crippen LogP contribution in [-0.4, -0.2) is 21.4 Å².